The molecule has 1 heterocycles. The van der Waals surface area contributed by atoms with Crippen LogP contribution in [0.5, 0.6) is 0 Å². The van der Waals surface area contributed by atoms with Gasteiger partial charge in [-0.05, 0) is 26.0 Å². The topological polar surface area (TPSA) is 34.9 Å². The van der Waals surface area contributed by atoms with Gasteiger partial charge in [0.15, 0.2) is 5.78 Å². The van der Waals surface area contributed by atoms with Crippen molar-refractivity contribution in [2.45, 2.75) is 20.4 Å². The summed E-state index contributed by atoms with van der Waals surface area (Å²) in [6, 6.07) is 9.41. The molecule has 0 spiro atoms. The first-order chi connectivity index (χ1) is 8.08. The predicted molar refractivity (Wildman–Crippen MR) is 70.2 cm³/mol. The van der Waals surface area contributed by atoms with E-state index in [0.29, 0.717) is 5.56 Å². The number of rotatable bonds is 3. The highest BCUT2D eigenvalue weighted by Gasteiger charge is 2.11. The zero-order chi connectivity index (χ0) is 12.4. The minimum atomic E-state index is 0.0590. The summed E-state index contributed by atoms with van der Waals surface area (Å²) in [6.45, 7) is 4.15. The fraction of sp³-hybridized carbons (Fsp3) is 0.231. The Balaban J connectivity index is 2.23. The van der Waals surface area contributed by atoms with Crippen molar-refractivity contribution in [1.82, 2.24) is 9.78 Å². The standard InChI is InChI=1S/C13H13BrN2O/c1-9-7-10(2)16(15-9)8-13(17)11-5-3-4-6-12(11)14/h3-7H,8H2,1-2H3. The summed E-state index contributed by atoms with van der Waals surface area (Å²) in [7, 11) is 0. The number of aryl methyl sites for hydroxylation is 2. The number of hydrogen-bond acceptors (Lipinski definition) is 2. The summed E-state index contributed by atoms with van der Waals surface area (Å²) >= 11 is 3.38. The summed E-state index contributed by atoms with van der Waals surface area (Å²) in [6.07, 6.45) is 0. The quantitative estimate of drug-likeness (QED) is 0.815. The molecule has 0 aliphatic heterocycles. The van der Waals surface area contributed by atoms with Crippen LogP contribution in [-0.2, 0) is 6.54 Å². The summed E-state index contributed by atoms with van der Waals surface area (Å²) in [5.41, 5.74) is 2.63. The van der Waals surface area contributed by atoms with E-state index in [0.717, 1.165) is 15.9 Å². The molecule has 0 aliphatic rings. The molecule has 0 N–H and O–H groups in total. The van der Waals surface area contributed by atoms with Crippen LogP contribution >= 0.6 is 15.9 Å². The van der Waals surface area contributed by atoms with E-state index < -0.39 is 0 Å². The number of aromatic nitrogens is 2. The second-order valence-electron chi connectivity index (χ2n) is 3.99. The van der Waals surface area contributed by atoms with E-state index in [-0.39, 0.29) is 12.3 Å². The molecule has 0 saturated heterocycles. The normalized spacial score (nSPS) is 10.5. The van der Waals surface area contributed by atoms with Crippen molar-refractivity contribution in [1.29, 1.82) is 0 Å². The molecule has 0 saturated carbocycles. The Bertz CT molecular complexity index is 560. The van der Waals surface area contributed by atoms with Crippen molar-refractivity contribution >= 4 is 21.7 Å². The van der Waals surface area contributed by atoms with Crippen LogP contribution in [0.25, 0.3) is 0 Å². The Morgan fingerprint density at radius 1 is 1.35 bits per heavy atom. The monoisotopic (exact) mass is 292 g/mol. The summed E-state index contributed by atoms with van der Waals surface area (Å²) in [5.74, 6) is 0.0590. The summed E-state index contributed by atoms with van der Waals surface area (Å²) < 4.78 is 2.56. The number of halogens is 1. The van der Waals surface area contributed by atoms with Crippen LogP contribution in [0.1, 0.15) is 21.7 Å². The van der Waals surface area contributed by atoms with Crippen LogP contribution in [0.15, 0.2) is 34.8 Å². The van der Waals surface area contributed by atoms with Gasteiger partial charge in [-0.2, -0.15) is 5.10 Å². The maximum atomic E-state index is 12.1. The highest BCUT2D eigenvalue weighted by Crippen LogP contribution is 2.17. The van der Waals surface area contributed by atoms with E-state index in [4.69, 9.17) is 0 Å². The second-order valence-corrected chi connectivity index (χ2v) is 4.84. The van der Waals surface area contributed by atoms with Crippen molar-refractivity contribution in [3.8, 4) is 0 Å². The molecular weight excluding hydrogens is 280 g/mol. The SMILES string of the molecule is Cc1cc(C)n(CC(=O)c2ccccc2Br)n1. The first-order valence-corrected chi connectivity index (χ1v) is 6.16. The molecule has 0 atom stereocenters. The maximum Gasteiger partial charge on any atom is 0.185 e. The number of benzene rings is 1. The van der Waals surface area contributed by atoms with Crippen LogP contribution in [0.3, 0.4) is 0 Å². The van der Waals surface area contributed by atoms with Crippen molar-refractivity contribution in [2.24, 2.45) is 0 Å². The highest BCUT2D eigenvalue weighted by atomic mass is 79.9. The van der Waals surface area contributed by atoms with E-state index in [9.17, 15) is 4.79 Å². The molecule has 0 aliphatic carbocycles. The average Bonchev–Trinajstić information content (AvgIpc) is 2.58. The third-order valence-corrected chi connectivity index (χ3v) is 3.26. The Kier molecular flexibility index (Phi) is 3.43. The van der Waals surface area contributed by atoms with Crippen LogP contribution in [-0.4, -0.2) is 15.6 Å². The van der Waals surface area contributed by atoms with Crippen LogP contribution < -0.4 is 0 Å². The largest absolute Gasteiger partial charge is 0.292 e. The Morgan fingerprint density at radius 2 is 2.06 bits per heavy atom. The van der Waals surface area contributed by atoms with Crippen molar-refractivity contribution in [3.63, 3.8) is 0 Å². The predicted octanol–water partition coefficient (Wildman–Crippen LogP) is 3.15. The van der Waals surface area contributed by atoms with Gasteiger partial charge >= 0.3 is 0 Å². The minimum Gasteiger partial charge on any atom is -0.292 e. The lowest BCUT2D eigenvalue weighted by atomic mass is 10.1. The lowest BCUT2D eigenvalue weighted by molar-refractivity contribution is 0.0966. The maximum absolute atomic E-state index is 12.1. The Labute approximate surface area is 109 Å². The van der Waals surface area contributed by atoms with Gasteiger partial charge in [-0.25, -0.2) is 0 Å². The molecule has 0 fully saturated rings. The van der Waals surface area contributed by atoms with Gasteiger partial charge < -0.3 is 0 Å². The smallest absolute Gasteiger partial charge is 0.185 e. The van der Waals surface area contributed by atoms with Gasteiger partial charge in [-0.15, -0.1) is 0 Å². The molecule has 0 bridgehead atoms. The molecule has 0 unspecified atom stereocenters. The van der Waals surface area contributed by atoms with Gasteiger partial charge in [0.2, 0.25) is 0 Å². The third-order valence-electron chi connectivity index (χ3n) is 2.57. The summed E-state index contributed by atoms with van der Waals surface area (Å²) in [5, 5.41) is 4.29. The third kappa shape index (κ3) is 2.64. The molecule has 0 amide bonds. The van der Waals surface area contributed by atoms with Gasteiger partial charge in [0.25, 0.3) is 0 Å². The molecular formula is C13H13BrN2O. The molecule has 1 aromatic carbocycles. The van der Waals surface area contributed by atoms with Gasteiger partial charge in [0.1, 0.15) is 6.54 Å². The van der Waals surface area contributed by atoms with Crippen LogP contribution in [0.2, 0.25) is 0 Å². The fourth-order valence-electron chi connectivity index (χ4n) is 1.74. The number of nitrogens with zero attached hydrogens (tertiary/aromatic N) is 2. The number of hydrogen-bond donors (Lipinski definition) is 0. The molecule has 2 aromatic rings. The Morgan fingerprint density at radius 3 is 2.65 bits per heavy atom. The van der Waals surface area contributed by atoms with Gasteiger partial charge in [0, 0.05) is 15.7 Å². The van der Waals surface area contributed by atoms with Crippen LogP contribution in [0, 0.1) is 13.8 Å². The second kappa shape index (κ2) is 4.84. The Hall–Kier alpha value is -1.42. The van der Waals surface area contributed by atoms with E-state index in [1.165, 1.54) is 0 Å². The first-order valence-electron chi connectivity index (χ1n) is 5.36. The van der Waals surface area contributed by atoms with E-state index in [1.807, 2.05) is 44.2 Å². The fourth-order valence-corrected chi connectivity index (χ4v) is 2.25. The number of ketones is 1. The first kappa shape index (κ1) is 12.0. The number of carbonyl (C=O) groups excluding carboxylic acids is 1. The van der Waals surface area contributed by atoms with Gasteiger partial charge in [-0.1, -0.05) is 34.1 Å². The molecule has 88 valence electrons. The molecule has 2 rings (SSSR count). The summed E-state index contributed by atoms with van der Waals surface area (Å²) in [4.78, 5) is 12.1. The van der Waals surface area contributed by atoms with Crippen molar-refractivity contribution in [3.05, 3.63) is 51.8 Å². The van der Waals surface area contributed by atoms with Gasteiger partial charge in [-0.3, -0.25) is 9.48 Å². The zero-order valence-corrected chi connectivity index (χ0v) is 11.4. The van der Waals surface area contributed by atoms with Crippen LogP contribution in [0.4, 0.5) is 0 Å². The molecule has 1 aromatic heterocycles. The highest BCUT2D eigenvalue weighted by molar-refractivity contribution is 9.10. The molecule has 0 radical (unpaired) electrons. The zero-order valence-electron chi connectivity index (χ0n) is 9.77. The lowest BCUT2D eigenvalue weighted by Gasteiger charge is -2.05. The van der Waals surface area contributed by atoms with Crippen molar-refractivity contribution in [2.75, 3.05) is 0 Å². The molecule has 3 nitrogen and oxygen atoms in total. The van der Waals surface area contributed by atoms with E-state index in [2.05, 4.69) is 21.0 Å². The minimum absolute atomic E-state index is 0.0590. The lowest BCUT2D eigenvalue weighted by Crippen LogP contribution is -2.13. The van der Waals surface area contributed by atoms with Gasteiger partial charge in [0.05, 0.1) is 5.69 Å². The average molecular weight is 293 g/mol. The number of carbonyl (C=O) groups is 1. The molecule has 4 heteroatoms. The molecule has 17 heavy (non-hydrogen) atoms. The van der Waals surface area contributed by atoms with E-state index in [1.54, 1.807) is 4.68 Å². The van der Waals surface area contributed by atoms with Crippen molar-refractivity contribution < 1.29 is 4.79 Å². The number of Topliss-reactive ketones (excluding diaryl/α,β-unsaturated/α-hetero) is 1. The van der Waals surface area contributed by atoms with E-state index >= 15 is 0 Å².